The number of rotatable bonds is 16. The van der Waals surface area contributed by atoms with E-state index in [0.29, 0.717) is 19.4 Å². The highest BCUT2D eigenvalue weighted by atomic mass is 16.4. The fourth-order valence-electron chi connectivity index (χ4n) is 3.32. The van der Waals surface area contributed by atoms with Gasteiger partial charge < -0.3 is 15.7 Å². The summed E-state index contributed by atoms with van der Waals surface area (Å²) >= 11 is 0. The van der Waals surface area contributed by atoms with Crippen molar-refractivity contribution in [2.75, 3.05) is 6.54 Å². The maximum atomic E-state index is 12.7. The molecule has 0 aliphatic heterocycles. The smallest absolute Gasteiger partial charge is 0.306 e. The molecule has 28 heavy (non-hydrogen) atoms. The summed E-state index contributed by atoms with van der Waals surface area (Å²) in [7, 11) is 0. The van der Waals surface area contributed by atoms with E-state index in [1.807, 2.05) is 20.8 Å². The van der Waals surface area contributed by atoms with Crippen LogP contribution in [0.25, 0.3) is 0 Å². The minimum atomic E-state index is -0.879. The van der Waals surface area contributed by atoms with E-state index >= 15 is 0 Å². The number of amides is 2. The van der Waals surface area contributed by atoms with E-state index in [0.717, 1.165) is 12.8 Å². The maximum Gasteiger partial charge on any atom is 0.306 e. The molecule has 0 spiro atoms. The van der Waals surface area contributed by atoms with Crippen LogP contribution in [0.2, 0.25) is 0 Å². The molecule has 2 amide bonds. The highest BCUT2D eigenvalue weighted by molar-refractivity contribution is 5.82. The van der Waals surface area contributed by atoms with Crippen LogP contribution in [0, 0.1) is 17.8 Å². The summed E-state index contributed by atoms with van der Waals surface area (Å²) in [5.41, 5.74) is 0. The molecule has 0 aromatic rings. The number of hydrogen-bond donors (Lipinski definition) is 3. The topological polar surface area (TPSA) is 95.5 Å². The Morgan fingerprint density at radius 3 is 1.96 bits per heavy atom. The van der Waals surface area contributed by atoms with Gasteiger partial charge in [-0.3, -0.25) is 14.4 Å². The molecule has 3 N–H and O–H groups in total. The van der Waals surface area contributed by atoms with Crippen molar-refractivity contribution in [1.82, 2.24) is 10.6 Å². The predicted molar refractivity (Wildman–Crippen MR) is 113 cm³/mol. The minimum absolute atomic E-state index is 0.0392. The van der Waals surface area contributed by atoms with Crippen molar-refractivity contribution < 1.29 is 19.5 Å². The standard InChI is InChI=1S/C22H42N2O4/c1-6-8-9-10-11-12-13-23-21(26)19(15-18(7-2)22(27)28)14-17(5)20(25)24-16(3)4/h16-19H,6-15H2,1-5H3,(H,23,26)(H,24,25)(H,27,28). The highest BCUT2D eigenvalue weighted by Crippen LogP contribution is 2.23. The van der Waals surface area contributed by atoms with E-state index in [1.165, 1.54) is 25.7 Å². The molecule has 0 saturated heterocycles. The van der Waals surface area contributed by atoms with Crippen LogP contribution in [-0.2, 0) is 14.4 Å². The second-order valence-corrected chi connectivity index (χ2v) is 8.23. The average Bonchev–Trinajstić information content (AvgIpc) is 2.62. The second-order valence-electron chi connectivity index (χ2n) is 8.23. The van der Waals surface area contributed by atoms with Gasteiger partial charge in [-0.05, 0) is 39.5 Å². The molecule has 0 radical (unpaired) electrons. The van der Waals surface area contributed by atoms with Crippen LogP contribution in [0.4, 0.5) is 0 Å². The molecule has 3 unspecified atom stereocenters. The molecule has 0 bridgehead atoms. The molecule has 164 valence electrons. The molecule has 0 fully saturated rings. The highest BCUT2D eigenvalue weighted by Gasteiger charge is 2.29. The van der Waals surface area contributed by atoms with Crippen LogP contribution in [-0.4, -0.2) is 35.5 Å². The zero-order chi connectivity index (χ0) is 21.5. The zero-order valence-corrected chi connectivity index (χ0v) is 18.6. The van der Waals surface area contributed by atoms with E-state index < -0.39 is 17.8 Å². The molecule has 0 saturated carbocycles. The number of carbonyl (C=O) groups excluding carboxylic acids is 2. The third kappa shape index (κ3) is 12.0. The van der Waals surface area contributed by atoms with Crippen molar-refractivity contribution in [2.45, 2.75) is 98.4 Å². The lowest BCUT2D eigenvalue weighted by Crippen LogP contribution is -2.39. The van der Waals surface area contributed by atoms with E-state index in [4.69, 9.17) is 0 Å². The van der Waals surface area contributed by atoms with Crippen molar-refractivity contribution in [2.24, 2.45) is 17.8 Å². The van der Waals surface area contributed by atoms with Crippen LogP contribution in [0.15, 0.2) is 0 Å². The summed E-state index contributed by atoms with van der Waals surface area (Å²) in [6.07, 6.45) is 8.00. The van der Waals surface area contributed by atoms with Gasteiger partial charge >= 0.3 is 5.97 Å². The Kier molecular flexibility index (Phi) is 14.5. The molecular formula is C22H42N2O4. The van der Waals surface area contributed by atoms with Gasteiger partial charge in [0.15, 0.2) is 0 Å². The largest absolute Gasteiger partial charge is 0.481 e. The van der Waals surface area contributed by atoms with E-state index in [2.05, 4.69) is 17.6 Å². The first-order chi connectivity index (χ1) is 13.2. The first-order valence-corrected chi connectivity index (χ1v) is 11.0. The summed E-state index contributed by atoms with van der Waals surface area (Å²) in [6, 6.07) is 0.0392. The normalized spacial score (nSPS) is 14.4. The molecule has 0 aromatic heterocycles. The van der Waals surface area contributed by atoms with Crippen LogP contribution in [0.1, 0.15) is 92.4 Å². The summed E-state index contributed by atoms with van der Waals surface area (Å²) in [4.78, 5) is 36.4. The van der Waals surface area contributed by atoms with Crippen LogP contribution < -0.4 is 10.6 Å². The van der Waals surface area contributed by atoms with Gasteiger partial charge in [0.05, 0.1) is 5.92 Å². The lowest BCUT2D eigenvalue weighted by molar-refractivity contribution is -0.143. The van der Waals surface area contributed by atoms with Crippen molar-refractivity contribution in [3.63, 3.8) is 0 Å². The number of carboxylic acids is 1. The first kappa shape index (κ1) is 26.4. The van der Waals surface area contributed by atoms with Gasteiger partial charge in [0.25, 0.3) is 0 Å². The molecule has 6 heteroatoms. The third-order valence-corrected chi connectivity index (χ3v) is 5.13. The number of hydrogen-bond acceptors (Lipinski definition) is 3. The Morgan fingerprint density at radius 1 is 0.821 bits per heavy atom. The van der Waals surface area contributed by atoms with E-state index in [9.17, 15) is 19.5 Å². The SMILES string of the molecule is CCCCCCCCNC(=O)C(CC(C)C(=O)NC(C)C)CC(CC)C(=O)O. The number of unbranched alkanes of at least 4 members (excludes halogenated alkanes) is 5. The summed E-state index contributed by atoms with van der Waals surface area (Å²) in [5.74, 6) is -2.46. The van der Waals surface area contributed by atoms with Gasteiger partial charge in [-0.2, -0.15) is 0 Å². The molecule has 3 atom stereocenters. The number of aliphatic carboxylic acids is 1. The van der Waals surface area contributed by atoms with Gasteiger partial charge in [-0.25, -0.2) is 0 Å². The molecular weight excluding hydrogens is 356 g/mol. The van der Waals surface area contributed by atoms with Gasteiger partial charge in [-0.1, -0.05) is 52.9 Å². The van der Waals surface area contributed by atoms with Gasteiger partial charge in [0.2, 0.25) is 11.8 Å². The Bertz CT molecular complexity index is 465. The third-order valence-electron chi connectivity index (χ3n) is 5.13. The van der Waals surface area contributed by atoms with Crippen molar-refractivity contribution >= 4 is 17.8 Å². The number of carbonyl (C=O) groups is 3. The van der Waals surface area contributed by atoms with Crippen molar-refractivity contribution in [3.8, 4) is 0 Å². The monoisotopic (exact) mass is 398 g/mol. The van der Waals surface area contributed by atoms with Crippen LogP contribution in [0.5, 0.6) is 0 Å². The molecule has 0 aliphatic rings. The lowest BCUT2D eigenvalue weighted by atomic mass is 9.85. The van der Waals surface area contributed by atoms with E-state index in [-0.39, 0.29) is 30.2 Å². The van der Waals surface area contributed by atoms with Gasteiger partial charge in [0, 0.05) is 24.4 Å². The van der Waals surface area contributed by atoms with Gasteiger partial charge in [0.1, 0.15) is 0 Å². The Hall–Kier alpha value is -1.59. The second kappa shape index (κ2) is 15.3. The van der Waals surface area contributed by atoms with Gasteiger partial charge in [-0.15, -0.1) is 0 Å². The molecule has 0 heterocycles. The maximum absolute atomic E-state index is 12.7. The lowest BCUT2D eigenvalue weighted by Gasteiger charge is -2.23. The summed E-state index contributed by atoms with van der Waals surface area (Å²) < 4.78 is 0. The van der Waals surface area contributed by atoms with Crippen LogP contribution >= 0.6 is 0 Å². The quantitative estimate of drug-likeness (QED) is 0.341. The summed E-state index contributed by atoms with van der Waals surface area (Å²) in [6.45, 7) is 10.2. The van der Waals surface area contributed by atoms with Crippen LogP contribution in [0.3, 0.4) is 0 Å². The zero-order valence-electron chi connectivity index (χ0n) is 18.6. The van der Waals surface area contributed by atoms with Crippen molar-refractivity contribution in [3.05, 3.63) is 0 Å². The Labute approximate surface area is 171 Å². The Morgan fingerprint density at radius 2 is 1.43 bits per heavy atom. The minimum Gasteiger partial charge on any atom is -0.481 e. The molecule has 0 aromatic carbocycles. The molecule has 6 nitrogen and oxygen atoms in total. The number of nitrogens with one attached hydrogen (secondary N) is 2. The summed E-state index contributed by atoms with van der Waals surface area (Å²) in [5, 5.41) is 15.2. The predicted octanol–water partition coefficient (Wildman–Crippen LogP) is 4.13. The average molecular weight is 399 g/mol. The molecule has 0 rings (SSSR count). The van der Waals surface area contributed by atoms with E-state index in [1.54, 1.807) is 6.92 Å². The molecule has 0 aliphatic carbocycles. The fraction of sp³-hybridized carbons (Fsp3) is 0.864. The fourth-order valence-corrected chi connectivity index (χ4v) is 3.32. The first-order valence-electron chi connectivity index (χ1n) is 11.0. The number of carboxylic acid groups (broad SMARTS) is 1. The Balaban J connectivity index is 4.71. The van der Waals surface area contributed by atoms with Crippen molar-refractivity contribution in [1.29, 1.82) is 0 Å².